The van der Waals surface area contributed by atoms with Gasteiger partial charge in [0, 0.05) is 11.1 Å². The first kappa shape index (κ1) is 12.8. The lowest BCUT2D eigenvalue weighted by molar-refractivity contribution is -0.0372. The molecular weight excluding hydrogens is 409 g/mol. The summed E-state index contributed by atoms with van der Waals surface area (Å²) in [6.07, 6.45) is 3.39. The van der Waals surface area contributed by atoms with Gasteiger partial charge in [0.15, 0.2) is 11.9 Å². The summed E-state index contributed by atoms with van der Waals surface area (Å²) in [6.45, 7) is 2.81. The monoisotopic (exact) mass is 421 g/mol. The van der Waals surface area contributed by atoms with E-state index in [4.69, 9.17) is 4.74 Å². The Morgan fingerprint density at radius 2 is 2.33 bits per heavy atom. The van der Waals surface area contributed by atoms with Crippen molar-refractivity contribution >= 4 is 49.6 Å². The van der Waals surface area contributed by atoms with Crippen molar-refractivity contribution in [2.24, 2.45) is 0 Å². The molecule has 0 radical (unpaired) electrons. The second kappa shape index (κ2) is 5.05. The molecule has 96 valence electrons. The second-order valence-corrected chi connectivity index (χ2v) is 6.36. The minimum atomic E-state index is 0.0397. The van der Waals surface area contributed by atoms with E-state index >= 15 is 0 Å². The quantitative estimate of drug-likeness (QED) is 0.657. The Bertz CT molecular complexity index is 593. The fraction of sp³-hybridized carbons (Fsp3) is 0.500. The molecule has 2 aromatic rings. The van der Waals surface area contributed by atoms with Crippen molar-refractivity contribution in [3.8, 4) is 0 Å². The molecule has 1 aliphatic heterocycles. The highest BCUT2D eigenvalue weighted by molar-refractivity contribution is 14.1. The lowest BCUT2D eigenvalue weighted by atomic mass is 10.2. The molecule has 4 nitrogen and oxygen atoms in total. The average molecular weight is 422 g/mol. The van der Waals surface area contributed by atoms with Crippen LogP contribution in [-0.4, -0.2) is 21.4 Å². The predicted octanol–water partition coefficient (Wildman–Crippen LogP) is 3.81. The van der Waals surface area contributed by atoms with Crippen LogP contribution in [0.2, 0.25) is 0 Å². The third-order valence-corrected chi connectivity index (χ3v) is 4.79. The summed E-state index contributed by atoms with van der Waals surface area (Å²) in [6, 6.07) is 2.09. The van der Waals surface area contributed by atoms with Gasteiger partial charge < -0.3 is 4.74 Å². The van der Waals surface area contributed by atoms with Gasteiger partial charge in [-0.1, -0.05) is 0 Å². The van der Waals surface area contributed by atoms with E-state index in [2.05, 4.69) is 54.7 Å². The third-order valence-electron chi connectivity index (χ3n) is 3.19. The summed E-state index contributed by atoms with van der Waals surface area (Å²) in [5.74, 6) is 0. The van der Waals surface area contributed by atoms with Crippen molar-refractivity contribution < 1.29 is 4.74 Å². The molecule has 0 N–H and O–H groups in total. The van der Waals surface area contributed by atoms with E-state index in [0.29, 0.717) is 0 Å². The standard InChI is InChI=1S/C12H13BrIN3O/c1-7-9(13)6-8-11(14)16-17(12(8)15-7)10-4-2-3-5-18-10/h6,10H,2-5H2,1H3. The number of ether oxygens (including phenoxy) is 1. The van der Waals surface area contributed by atoms with E-state index < -0.39 is 0 Å². The SMILES string of the molecule is Cc1nc2c(cc1Br)c(I)nn2C1CCCCO1. The number of hydrogen-bond acceptors (Lipinski definition) is 3. The molecule has 3 heterocycles. The summed E-state index contributed by atoms with van der Waals surface area (Å²) < 4.78 is 9.74. The smallest absolute Gasteiger partial charge is 0.161 e. The predicted molar refractivity (Wildman–Crippen MR) is 81.5 cm³/mol. The van der Waals surface area contributed by atoms with Gasteiger partial charge in [0.2, 0.25) is 0 Å². The van der Waals surface area contributed by atoms with Crippen molar-refractivity contribution in [2.45, 2.75) is 32.4 Å². The molecule has 0 spiro atoms. The summed E-state index contributed by atoms with van der Waals surface area (Å²) >= 11 is 5.78. The number of halogens is 2. The number of hydrogen-bond donors (Lipinski definition) is 0. The summed E-state index contributed by atoms with van der Waals surface area (Å²) in [5, 5.41) is 5.68. The maximum Gasteiger partial charge on any atom is 0.161 e. The largest absolute Gasteiger partial charge is 0.356 e. The van der Waals surface area contributed by atoms with Gasteiger partial charge in [-0.05, 0) is 70.8 Å². The van der Waals surface area contributed by atoms with Gasteiger partial charge in [-0.15, -0.1) is 0 Å². The van der Waals surface area contributed by atoms with Gasteiger partial charge in [0.05, 0.1) is 11.1 Å². The first-order chi connectivity index (χ1) is 8.66. The van der Waals surface area contributed by atoms with E-state index in [1.807, 2.05) is 11.6 Å². The molecule has 0 amide bonds. The number of rotatable bonds is 1. The molecule has 2 aromatic heterocycles. The topological polar surface area (TPSA) is 39.9 Å². The van der Waals surface area contributed by atoms with Crippen LogP contribution < -0.4 is 0 Å². The van der Waals surface area contributed by atoms with Crippen molar-refractivity contribution in [1.82, 2.24) is 14.8 Å². The van der Waals surface area contributed by atoms with E-state index in [0.717, 1.165) is 44.3 Å². The van der Waals surface area contributed by atoms with Crippen molar-refractivity contribution in [1.29, 1.82) is 0 Å². The molecule has 1 unspecified atom stereocenters. The molecule has 0 aromatic carbocycles. The van der Waals surface area contributed by atoms with Gasteiger partial charge in [0.25, 0.3) is 0 Å². The van der Waals surface area contributed by atoms with Crippen LogP contribution >= 0.6 is 38.5 Å². The molecule has 6 heteroatoms. The Morgan fingerprint density at radius 1 is 1.50 bits per heavy atom. The first-order valence-corrected chi connectivity index (χ1v) is 7.86. The molecule has 1 saturated heterocycles. The van der Waals surface area contributed by atoms with Gasteiger partial charge in [0.1, 0.15) is 3.70 Å². The minimum Gasteiger partial charge on any atom is -0.356 e. The van der Waals surface area contributed by atoms with Crippen LogP contribution in [0.25, 0.3) is 11.0 Å². The third kappa shape index (κ3) is 2.18. The lowest BCUT2D eigenvalue weighted by Gasteiger charge is -2.23. The Balaban J connectivity index is 2.14. The van der Waals surface area contributed by atoms with E-state index in [1.54, 1.807) is 0 Å². The highest BCUT2D eigenvalue weighted by Gasteiger charge is 2.21. The van der Waals surface area contributed by atoms with Gasteiger partial charge >= 0.3 is 0 Å². The molecule has 3 rings (SSSR count). The molecule has 0 aliphatic carbocycles. The molecule has 1 fully saturated rings. The summed E-state index contributed by atoms with van der Waals surface area (Å²) in [5.41, 5.74) is 1.91. The van der Waals surface area contributed by atoms with Crippen LogP contribution in [-0.2, 0) is 4.74 Å². The molecule has 1 aliphatic rings. The number of fused-ring (bicyclic) bond motifs is 1. The molecule has 0 saturated carbocycles. The highest BCUT2D eigenvalue weighted by atomic mass is 127. The zero-order chi connectivity index (χ0) is 12.7. The number of aromatic nitrogens is 3. The van der Waals surface area contributed by atoms with Crippen LogP contribution in [0.3, 0.4) is 0 Å². The zero-order valence-electron chi connectivity index (χ0n) is 9.99. The Labute approximate surface area is 127 Å². The van der Waals surface area contributed by atoms with Crippen molar-refractivity contribution in [3.63, 3.8) is 0 Å². The Hall–Kier alpha value is -0.210. The maximum atomic E-state index is 5.80. The first-order valence-electron chi connectivity index (χ1n) is 5.99. The Morgan fingerprint density at radius 3 is 3.06 bits per heavy atom. The number of aryl methyl sites for hydroxylation is 1. The van der Waals surface area contributed by atoms with Crippen molar-refractivity contribution in [2.75, 3.05) is 6.61 Å². The number of pyridine rings is 1. The van der Waals surface area contributed by atoms with E-state index in [9.17, 15) is 0 Å². The van der Waals surface area contributed by atoms with Gasteiger partial charge in [-0.2, -0.15) is 5.10 Å². The van der Waals surface area contributed by atoms with Crippen LogP contribution in [0.5, 0.6) is 0 Å². The fourth-order valence-electron chi connectivity index (χ4n) is 2.21. The van der Waals surface area contributed by atoms with Gasteiger partial charge in [-0.3, -0.25) is 0 Å². The van der Waals surface area contributed by atoms with Crippen LogP contribution in [0.15, 0.2) is 10.5 Å². The summed E-state index contributed by atoms with van der Waals surface area (Å²) in [4.78, 5) is 4.64. The van der Waals surface area contributed by atoms with Crippen LogP contribution in [0, 0.1) is 10.6 Å². The highest BCUT2D eigenvalue weighted by Crippen LogP contribution is 2.30. The molecular formula is C12H13BrIN3O. The summed E-state index contributed by atoms with van der Waals surface area (Å²) in [7, 11) is 0. The van der Waals surface area contributed by atoms with E-state index in [-0.39, 0.29) is 6.23 Å². The van der Waals surface area contributed by atoms with E-state index in [1.165, 1.54) is 6.42 Å². The molecule has 18 heavy (non-hydrogen) atoms. The van der Waals surface area contributed by atoms with Crippen molar-refractivity contribution in [3.05, 3.63) is 19.9 Å². The fourth-order valence-corrected chi connectivity index (χ4v) is 3.15. The maximum absolute atomic E-state index is 5.80. The normalized spacial score (nSPS) is 20.5. The van der Waals surface area contributed by atoms with Crippen LogP contribution in [0.1, 0.15) is 31.2 Å². The number of nitrogens with zero attached hydrogens (tertiary/aromatic N) is 3. The van der Waals surface area contributed by atoms with Gasteiger partial charge in [-0.25, -0.2) is 9.67 Å². The minimum absolute atomic E-state index is 0.0397. The Kier molecular flexibility index (Phi) is 3.59. The second-order valence-electron chi connectivity index (χ2n) is 4.48. The molecule has 0 bridgehead atoms. The average Bonchev–Trinajstić information content (AvgIpc) is 2.69. The zero-order valence-corrected chi connectivity index (χ0v) is 13.7. The lowest BCUT2D eigenvalue weighted by Crippen LogP contribution is -2.19. The molecule has 1 atom stereocenters. The van der Waals surface area contributed by atoms with Crippen LogP contribution in [0.4, 0.5) is 0 Å².